The minimum atomic E-state index is -3.78. The molecule has 2 rings (SSSR count). The van der Waals surface area contributed by atoms with Gasteiger partial charge in [0.2, 0.25) is 10.0 Å². The van der Waals surface area contributed by atoms with Gasteiger partial charge < -0.3 is 10.2 Å². The molecule has 6 nitrogen and oxygen atoms in total. The molecule has 7 heteroatoms. The molecule has 0 saturated heterocycles. The normalized spacial score (nSPS) is 17.4. The van der Waals surface area contributed by atoms with Crippen LogP contribution in [0.1, 0.15) is 36.5 Å². The van der Waals surface area contributed by atoms with Crippen LogP contribution in [0.5, 0.6) is 5.75 Å². The Morgan fingerprint density at radius 3 is 2.55 bits per heavy atom. The molecule has 1 atom stereocenters. The van der Waals surface area contributed by atoms with E-state index in [1.807, 2.05) is 0 Å². The van der Waals surface area contributed by atoms with Crippen LogP contribution in [0.4, 0.5) is 0 Å². The standard InChI is InChI=1S/C13H17NO5S/c1-8(9-3-2-4-9)14-20(18,19)10-5-6-12(15)11(7-10)13(16)17/h5-9,14-15H,2-4H2,1H3,(H,16,17). The maximum absolute atomic E-state index is 12.2. The minimum Gasteiger partial charge on any atom is -0.507 e. The van der Waals surface area contributed by atoms with Crippen molar-refractivity contribution in [3.8, 4) is 5.75 Å². The summed E-state index contributed by atoms with van der Waals surface area (Å²) < 4.78 is 26.9. The van der Waals surface area contributed by atoms with E-state index in [1.54, 1.807) is 6.92 Å². The molecule has 1 aromatic carbocycles. The molecular formula is C13H17NO5S. The SMILES string of the molecule is CC(NS(=O)(=O)c1ccc(O)c(C(=O)O)c1)C1CCC1. The Bertz CT molecular complexity index is 622. The van der Waals surface area contributed by atoms with Gasteiger partial charge in [-0.25, -0.2) is 17.9 Å². The molecule has 0 bridgehead atoms. The lowest BCUT2D eigenvalue weighted by Gasteiger charge is -2.31. The largest absolute Gasteiger partial charge is 0.507 e. The molecule has 1 aliphatic rings. The molecule has 1 fully saturated rings. The highest BCUT2D eigenvalue weighted by molar-refractivity contribution is 7.89. The van der Waals surface area contributed by atoms with Gasteiger partial charge in [-0.3, -0.25) is 0 Å². The second kappa shape index (κ2) is 5.41. The van der Waals surface area contributed by atoms with Gasteiger partial charge in [-0.2, -0.15) is 0 Å². The number of carboxylic acids is 1. The molecule has 0 aromatic heterocycles. The number of phenols is 1. The van der Waals surface area contributed by atoms with E-state index < -0.39 is 27.3 Å². The zero-order chi connectivity index (χ0) is 14.9. The summed E-state index contributed by atoms with van der Waals surface area (Å²) in [5.74, 6) is -1.49. The van der Waals surface area contributed by atoms with Crippen molar-refractivity contribution in [3.05, 3.63) is 23.8 Å². The van der Waals surface area contributed by atoms with Gasteiger partial charge in [0.05, 0.1) is 4.90 Å². The maximum Gasteiger partial charge on any atom is 0.339 e. The van der Waals surface area contributed by atoms with Gasteiger partial charge >= 0.3 is 5.97 Å². The van der Waals surface area contributed by atoms with E-state index in [0.29, 0.717) is 5.92 Å². The van der Waals surface area contributed by atoms with Gasteiger partial charge in [-0.15, -0.1) is 0 Å². The van der Waals surface area contributed by atoms with Gasteiger partial charge in [0.1, 0.15) is 11.3 Å². The Labute approximate surface area is 117 Å². The highest BCUT2D eigenvalue weighted by Crippen LogP contribution is 2.30. The van der Waals surface area contributed by atoms with Crippen LogP contribution >= 0.6 is 0 Å². The number of carboxylic acid groups (broad SMARTS) is 1. The van der Waals surface area contributed by atoms with Crippen LogP contribution in [0.15, 0.2) is 23.1 Å². The number of hydrogen-bond acceptors (Lipinski definition) is 4. The number of aromatic carboxylic acids is 1. The van der Waals surface area contributed by atoms with Crippen molar-refractivity contribution in [1.29, 1.82) is 0 Å². The Kier molecular flexibility index (Phi) is 4.01. The zero-order valence-electron chi connectivity index (χ0n) is 11.0. The van der Waals surface area contributed by atoms with Crippen molar-refractivity contribution in [2.75, 3.05) is 0 Å². The van der Waals surface area contributed by atoms with Crippen molar-refractivity contribution in [2.45, 2.75) is 37.1 Å². The highest BCUT2D eigenvalue weighted by Gasteiger charge is 2.28. The van der Waals surface area contributed by atoms with E-state index >= 15 is 0 Å². The van der Waals surface area contributed by atoms with E-state index in [2.05, 4.69) is 4.72 Å². The molecule has 0 spiro atoms. The average molecular weight is 299 g/mol. The molecule has 110 valence electrons. The molecule has 3 N–H and O–H groups in total. The molecule has 1 unspecified atom stereocenters. The van der Waals surface area contributed by atoms with Crippen LogP contribution < -0.4 is 4.72 Å². The predicted molar refractivity (Wildman–Crippen MR) is 72.2 cm³/mol. The summed E-state index contributed by atoms with van der Waals surface area (Å²) in [7, 11) is -3.78. The van der Waals surface area contributed by atoms with Gasteiger partial charge in [0.25, 0.3) is 0 Å². The number of rotatable bonds is 5. The summed E-state index contributed by atoms with van der Waals surface area (Å²) in [5, 5.41) is 18.3. The molecular weight excluding hydrogens is 282 g/mol. The van der Waals surface area contributed by atoms with Gasteiger partial charge in [-0.05, 0) is 43.9 Å². The minimum absolute atomic E-state index is 0.154. The predicted octanol–water partition coefficient (Wildman–Crippen LogP) is 1.56. The van der Waals surface area contributed by atoms with Crippen molar-refractivity contribution in [1.82, 2.24) is 4.72 Å². The first-order valence-corrected chi connectivity index (χ1v) is 7.88. The number of hydrogen-bond donors (Lipinski definition) is 3. The molecule has 1 saturated carbocycles. The highest BCUT2D eigenvalue weighted by atomic mass is 32.2. The van der Waals surface area contributed by atoms with Crippen LogP contribution in [-0.4, -0.2) is 30.6 Å². The fraction of sp³-hybridized carbons (Fsp3) is 0.462. The summed E-state index contributed by atoms with van der Waals surface area (Å²) in [5.41, 5.74) is -0.427. The monoisotopic (exact) mass is 299 g/mol. The summed E-state index contributed by atoms with van der Waals surface area (Å²) in [4.78, 5) is 10.8. The smallest absolute Gasteiger partial charge is 0.339 e. The number of carbonyl (C=O) groups is 1. The Balaban J connectivity index is 2.24. The van der Waals surface area contributed by atoms with Crippen molar-refractivity contribution in [2.24, 2.45) is 5.92 Å². The third-order valence-corrected chi connectivity index (χ3v) is 5.26. The first kappa shape index (κ1) is 14.8. The molecule has 0 radical (unpaired) electrons. The van der Waals surface area contributed by atoms with Crippen LogP contribution in [0.3, 0.4) is 0 Å². The molecule has 1 aromatic rings. The zero-order valence-corrected chi connectivity index (χ0v) is 11.9. The van der Waals surface area contributed by atoms with E-state index in [9.17, 15) is 18.3 Å². The maximum atomic E-state index is 12.2. The molecule has 1 aliphatic carbocycles. The molecule has 0 amide bonds. The summed E-state index contributed by atoms with van der Waals surface area (Å²) in [6.07, 6.45) is 3.11. The lowest BCUT2D eigenvalue weighted by molar-refractivity contribution is 0.0693. The summed E-state index contributed by atoms with van der Waals surface area (Å²) in [6.45, 7) is 1.81. The Morgan fingerprint density at radius 2 is 2.05 bits per heavy atom. The third kappa shape index (κ3) is 2.94. The second-order valence-electron chi connectivity index (χ2n) is 5.09. The van der Waals surface area contributed by atoms with E-state index in [1.165, 1.54) is 6.07 Å². The molecule has 0 heterocycles. The van der Waals surface area contributed by atoms with Gasteiger partial charge in [0.15, 0.2) is 0 Å². The number of sulfonamides is 1. The number of nitrogens with one attached hydrogen (secondary N) is 1. The van der Waals surface area contributed by atoms with Crippen LogP contribution in [-0.2, 0) is 10.0 Å². The van der Waals surface area contributed by atoms with Gasteiger partial charge in [-0.1, -0.05) is 6.42 Å². The van der Waals surface area contributed by atoms with E-state index in [4.69, 9.17) is 5.11 Å². The second-order valence-corrected chi connectivity index (χ2v) is 6.80. The fourth-order valence-electron chi connectivity index (χ4n) is 2.20. The topological polar surface area (TPSA) is 104 Å². The van der Waals surface area contributed by atoms with E-state index in [-0.39, 0.29) is 10.9 Å². The van der Waals surface area contributed by atoms with Crippen LogP contribution in [0.2, 0.25) is 0 Å². The third-order valence-electron chi connectivity index (χ3n) is 3.71. The lowest BCUT2D eigenvalue weighted by atomic mass is 9.81. The number of benzene rings is 1. The van der Waals surface area contributed by atoms with E-state index in [0.717, 1.165) is 31.4 Å². The van der Waals surface area contributed by atoms with Crippen molar-refractivity contribution in [3.63, 3.8) is 0 Å². The van der Waals surface area contributed by atoms with Crippen LogP contribution in [0, 0.1) is 5.92 Å². The molecule has 0 aliphatic heterocycles. The lowest BCUT2D eigenvalue weighted by Crippen LogP contribution is -2.40. The van der Waals surface area contributed by atoms with Crippen molar-refractivity contribution >= 4 is 16.0 Å². The van der Waals surface area contributed by atoms with Crippen LogP contribution in [0.25, 0.3) is 0 Å². The Hall–Kier alpha value is -1.60. The van der Waals surface area contributed by atoms with Crippen molar-refractivity contribution < 1.29 is 23.4 Å². The summed E-state index contributed by atoms with van der Waals surface area (Å²) in [6, 6.07) is 3.05. The fourth-order valence-corrected chi connectivity index (χ4v) is 3.54. The first-order valence-electron chi connectivity index (χ1n) is 6.40. The average Bonchev–Trinajstić information content (AvgIpc) is 2.25. The number of aromatic hydroxyl groups is 1. The quantitative estimate of drug-likeness (QED) is 0.765. The molecule has 20 heavy (non-hydrogen) atoms. The first-order chi connectivity index (χ1) is 9.31. The summed E-state index contributed by atoms with van der Waals surface area (Å²) >= 11 is 0. The Morgan fingerprint density at radius 1 is 1.40 bits per heavy atom. The van der Waals surface area contributed by atoms with Gasteiger partial charge in [0, 0.05) is 6.04 Å².